The van der Waals surface area contributed by atoms with Crippen molar-refractivity contribution in [2.45, 2.75) is 18.0 Å². The maximum atomic E-state index is 11.9. The van der Waals surface area contributed by atoms with Crippen molar-refractivity contribution in [3.05, 3.63) is 40.6 Å². The summed E-state index contributed by atoms with van der Waals surface area (Å²) in [6.07, 6.45) is 2.94. The van der Waals surface area contributed by atoms with Crippen LogP contribution in [0.25, 0.3) is 0 Å². The molecule has 2 aromatic rings. The molecule has 0 unspecified atom stereocenters. The van der Waals surface area contributed by atoms with Gasteiger partial charge in [0.1, 0.15) is 6.33 Å². The van der Waals surface area contributed by atoms with Gasteiger partial charge < -0.3 is 5.73 Å². The standard InChI is InChI=1S/C10H12N4O2S2/c11-4-9-3-10(6-17-9)18(15,16)14-5-8-1-2-12-7-13-8/h1-3,6-7,14H,4-5,11H2. The third-order valence-electron chi connectivity index (χ3n) is 2.23. The second kappa shape index (κ2) is 5.53. The number of hydrogen-bond acceptors (Lipinski definition) is 6. The lowest BCUT2D eigenvalue weighted by atomic mass is 10.4. The monoisotopic (exact) mass is 284 g/mol. The van der Waals surface area contributed by atoms with Crippen LogP contribution in [0.5, 0.6) is 0 Å². The smallest absolute Gasteiger partial charge is 0.241 e. The minimum absolute atomic E-state index is 0.138. The Kier molecular flexibility index (Phi) is 4.02. The fourth-order valence-corrected chi connectivity index (χ4v) is 3.44. The van der Waals surface area contributed by atoms with Crippen molar-refractivity contribution in [1.82, 2.24) is 14.7 Å². The lowest BCUT2D eigenvalue weighted by molar-refractivity contribution is 0.580. The summed E-state index contributed by atoms with van der Waals surface area (Å²) < 4.78 is 26.4. The molecule has 0 fully saturated rings. The predicted octanol–water partition coefficient (Wildman–Crippen LogP) is 0.475. The molecule has 0 aliphatic heterocycles. The van der Waals surface area contributed by atoms with E-state index in [0.29, 0.717) is 12.2 Å². The molecule has 0 saturated carbocycles. The van der Waals surface area contributed by atoms with Gasteiger partial charge in [-0.2, -0.15) is 0 Å². The van der Waals surface area contributed by atoms with Crippen LogP contribution in [0.15, 0.2) is 34.9 Å². The Balaban J connectivity index is 2.08. The summed E-state index contributed by atoms with van der Waals surface area (Å²) in [5.74, 6) is 0. The van der Waals surface area contributed by atoms with E-state index in [2.05, 4.69) is 14.7 Å². The minimum Gasteiger partial charge on any atom is -0.326 e. The fourth-order valence-electron chi connectivity index (χ4n) is 1.28. The lowest BCUT2D eigenvalue weighted by Crippen LogP contribution is -2.23. The van der Waals surface area contributed by atoms with E-state index in [1.807, 2.05) is 0 Å². The number of rotatable bonds is 5. The molecular formula is C10H12N4O2S2. The van der Waals surface area contributed by atoms with E-state index in [-0.39, 0.29) is 11.4 Å². The molecule has 0 amide bonds. The zero-order valence-electron chi connectivity index (χ0n) is 9.41. The molecule has 2 rings (SSSR count). The SMILES string of the molecule is NCc1cc(S(=O)(=O)NCc2ccncn2)cs1. The van der Waals surface area contributed by atoms with Crippen molar-refractivity contribution < 1.29 is 8.42 Å². The minimum atomic E-state index is -3.50. The summed E-state index contributed by atoms with van der Waals surface area (Å²) in [6, 6.07) is 3.23. The van der Waals surface area contributed by atoms with E-state index >= 15 is 0 Å². The van der Waals surface area contributed by atoms with Crippen LogP contribution < -0.4 is 10.5 Å². The van der Waals surface area contributed by atoms with Crippen LogP contribution in [0.4, 0.5) is 0 Å². The van der Waals surface area contributed by atoms with Gasteiger partial charge in [-0.15, -0.1) is 11.3 Å². The van der Waals surface area contributed by atoms with Gasteiger partial charge in [0.15, 0.2) is 0 Å². The Labute approximate surface area is 109 Å². The van der Waals surface area contributed by atoms with E-state index in [1.165, 1.54) is 17.7 Å². The van der Waals surface area contributed by atoms with Crippen LogP contribution >= 0.6 is 11.3 Å². The van der Waals surface area contributed by atoms with Gasteiger partial charge in [0.2, 0.25) is 10.0 Å². The molecule has 18 heavy (non-hydrogen) atoms. The molecule has 3 N–H and O–H groups in total. The fraction of sp³-hybridized carbons (Fsp3) is 0.200. The molecule has 8 heteroatoms. The van der Waals surface area contributed by atoms with Gasteiger partial charge in [-0.1, -0.05) is 0 Å². The Morgan fingerprint density at radius 3 is 2.89 bits per heavy atom. The van der Waals surface area contributed by atoms with Crippen molar-refractivity contribution in [2.24, 2.45) is 5.73 Å². The van der Waals surface area contributed by atoms with Crippen LogP contribution in [-0.4, -0.2) is 18.4 Å². The molecule has 0 bridgehead atoms. The second-order valence-corrected chi connectivity index (χ2v) is 6.24. The highest BCUT2D eigenvalue weighted by atomic mass is 32.2. The number of sulfonamides is 1. The number of aromatic nitrogens is 2. The summed E-state index contributed by atoms with van der Waals surface area (Å²) >= 11 is 1.33. The number of hydrogen-bond donors (Lipinski definition) is 2. The van der Waals surface area contributed by atoms with Crippen LogP contribution in [0.3, 0.4) is 0 Å². The lowest BCUT2D eigenvalue weighted by Gasteiger charge is -2.03. The molecule has 2 aromatic heterocycles. The quantitative estimate of drug-likeness (QED) is 0.832. The van der Waals surface area contributed by atoms with Crippen molar-refractivity contribution in [1.29, 1.82) is 0 Å². The molecule has 0 aliphatic carbocycles. The average Bonchev–Trinajstić information content (AvgIpc) is 2.87. The predicted molar refractivity (Wildman–Crippen MR) is 68.3 cm³/mol. The van der Waals surface area contributed by atoms with Gasteiger partial charge in [-0.25, -0.2) is 23.1 Å². The summed E-state index contributed by atoms with van der Waals surface area (Å²) in [7, 11) is -3.50. The Morgan fingerprint density at radius 1 is 1.44 bits per heavy atom. The molecule has 0 radical (unpaired) electrons. The summed E-state index contributed by atoms with van der Waals surface area (Å²) in [5, 5.41) is 1.57. The third kappa shape index (κ3) is 3.10. The zero-order chi connectivity index (χ0) is 13.0. The summed E-state index contributed by atoms with van der Waals surface area (Å²) in [5.41, 5.74) is 6.06. The topological polar surface area (TPSA) is 98.0 Å². The molecule has 0 spiro atoms. The first-order valence-corrected chi connectivity index (χ1v) is 7.50. The molecule has 0 aromatic carbocycles. The number of thiophene rings is 1. The van der Waals surface area contributed by atoms with E-state index in [4.69, 9.17) is 5.73 Å². The Bertz CT molecular complexity index is 610. The van der Waals surface area contributed by atoms with E-state index in [1.54, 1.807) is 23.7 Å². The first-order valence-electron chi connectivity index (χ1n) is 5.14. The zero-order valence-corrected chi connectivity index (χ0v) is 11.0. The maximum absolute atomic E-state index is 11.9. The highest BCUT2D eigenvalue weighted by molar-refractivity contribution is 7.89. The second-order valence-electron chi connectivity index (χ2n) is 3.48. The highest BCUT2D eigenvalue weighted by Gasteiger charge is 2.15. The molecule has 2 heterocycles. The summed E-state index contributed by atoms with van der Waals surface area (Å²) in [6.45, 7) is 0.477. The summed E-state index contributed by atoms with van der Waals surface area (Å²) in [4.78, 5) is 8.77. The van der Waals surface area contributed by atoms with E-state index < -0.39 is 10.0 Å². The van der Waals surface area contributed by atoms with Crippen molar-refractivity contribution in [3.8, 4) is 0 Å². The van der Waals surface area contributed by atoms with Gasteiger partial charge in [0, 0.05) is 23.0 Å². The largest absolute Gasteiger partial charge is 0.326 e. The van der Waals surface area contributed by atoms with Crippen molar-refractivity contribution in [3.63, 3.8) is 0 Å². The van der Waals surface area contributed by atoms with Crippen LogP contribution in [-0.2, 0) is 23.1 Å². The van der Waals surface area contributed by atoms with Gasteiger partial charge in [-0.3, -0.25) is 0 Å². The van der Waals surface area contributed by atoms with Gasteiger partial charge in [0.05, 0.1) is 17.1 Å². The number of nitrogens with zero attached hydrogens (tertiary/aromatic N) is 2. The molecule has 0 atom stereocenters. The average molecular weight is 284 g/mol. The Morgan fingerprint density at radius 2 is 2.28 bits per heavy atom. The van der Waals surface area contributed by atoms with Gasteiger partial charge in [0.25, 0.3) is 0 Å². The number of nitrogens with one attached hydrogen (secondary N) is 1. The maximum Gasteiger partial charge on any atom is 0.241 e. The first kappa shape index (κ1) is 13.1. The van der Waals surface area contributed by atoms with Crippen LogP contribution in [0.2, 0.25) is 0 Å². The van der Waals surface area contributed by atoms with Crippen LogP contribution in [0, 0.1) is 0 Å². The van der Waals surface area contributed by atoms with Gasteiger partial charge >= 0.3 is 0 Å². The van der Waals surface area contributed by atoms with Crippen molar-refractivity contribution in [2.75, 3.05) is 0 Å². The van der Waals surface area contributed by atoms with Gasteiger partial charge in [-0.05, 0) is 12.1 Å². The molecular weight excluding hydrogens is 272 g/mol. The van der Waals surface area contributed by atoms with Crippen molar-refractivity contribution >= 4 is 21.4 Å². The van der Waals surface area contributed by atoms with E-state index in [9.17, 15) is 8.42 Å². The molecule has 96 valence electrons. The van der Waals surface area contributed by atoms with E-state index in [0.717, 1.165) is 4.88 Å². The molecule has 6 nitrogen and oxygen atoms in total. The first-order chi connectivity index (χ1) is 8.62. The molecule has 0 aliphatic rings. The Hall–Kier alpha value is -1.35. The third-order valence-corrected chi connectivity index (χ3v) is 4.72. The normalized spacial score (nSPS) is 11.6. The highest BCUT2D eigenvalue weighted by Crippen LogP contribution is 2.18. The number of nitrogens with two attached hydrogens (primary N) is 1. The van der Waals surface area contributed by atoms with Crippen LogP contribution in [0.1, 0.15) is 10.6 Å². The molecule has 0 saturated heterocycles.